The minimum absolute atomic E-state index is 0.0461. The van der Waals surface area contributed by atoms with Crippen LogP contribution < -0.4 is 0 Å². The third kappa shape index (κ3) is 5.02. The molecule has 3 nitrogen and oxygen atoms in total. The molecule has 2 aliphatic carbocycles. The highest BCUT2D eigenvalue weighted by Gasteiger charge is 2.69. The highest BCUT2D eigenvalue weighted by molar-refractivity contribution is 5.76. The van der Waals surface area contributed by atoms with Gasteiger partial charge in [0.15, 0.2) is 0 Å². The predicted octanol–water partition coefficient (Wildman–Crippen LogP) is 5.80. The lowest BCUT2D eigenvalue weighted by Crippen LogP contribution is -2.56. The maximum atomic E-state index is 12.9. The molecule has 0 aromatic carbocycles. The first-order valence-electron chi connectivity index (χ1n) is 10.2. The van der Waals surface area contributed by atoms with Gasteiger partial charge in [-0.2, -0.15) is 26.3 Å². The van der Waals surface area contributed by atoms with E-state index in [2.05, 4.69) is 0 Å². The molecule has 4 atom stereocenters. The van der Waals surface area contributed by atoms with Gasteiger partial charge in [0.25, 0.3) is 5.60 Å². The Labute approximate surface area is 167 Å². The summed E-state index contributed by atoms with van der Waals surface area (Å²) in [5, 5.41) is 9.36. The largest absolute Gasteiger partial charge is 0.462 e. The standard InChI is InChI=1S/C20H30F6O3/c1-4-17(2,3)16(27)29-15(14-11-12-7-8-13(14)10-12)6-5-9-18(28,19(21,22)23)20(24,25)26/h12-15,28H,4-11H2,1-3H3. The third-order valence-electron chi connectivity index (χ3n) is 6.93. The molecular formula is C20H30F6O3. The van der Waals surface area contributed by atoms with Crippen LogP contribution in [0.1, 0.15) is 72.1 Å². The fourth-order valence-electron chi connectivity index (χ4n) is 4.55. The summed E-state index contributed by atoms with van der Waals surface area (Å²) in [5.74, 6) is 0.226. The lowest BCUT2D eigenvalue weighted by Gasteiger charge is -2.35. The second kappa shape index (κ2) is 8.27. The van der Waals surface area contributed by atoms with E-state index in [-0.39, 0.29) is 18.3 Å². The van der Waals surface area contributed by atoms with Crippen molar-refractivity contribution >= 4 is 5.97 Å². The zero-order valence-electron chi connectivity index (χ0n) is 17.0. The lowest BCUT2D eigenvalue weighted by atomic mass is 9.81. The number of ether oxygens (including phenoxy) is 1. The molecule has 2 bridgehead atoms. The molecule has 4 unspecified atom stereocenters. The van der Waals surface area contributed by atoms with Crippen LogP contribution in [-0.4, -0.2) is 35.1 Å². The Balaban J connectivity index is 2.10. The Kier molecular flexibility index (Phi) is 6.92. The first kappa shape index (κ1) is 24.3. The molecule has 2 saturated carbocycles. The van der Waals surface area contributed by atoms with Crippen LogP contribution in [0, 0.1) is 23.2 Å². The minimum atomic E-state index is -5.83. The van der Waals surface area contributed by atoms with Gasteiger partial charge >= 0.3 is 18.3 Å². The summed E-state index contributed by atoms with van der Waals surface area (Å²) in [4.78, 5) is 12.5. The maximum Gasteiger partial charge on any atom is 0.426 e. The quantitative estimate of drug-likeness (QED) is 0.390. The molecule has 2 fully saturated rings. The highest BCUT2D eigenvalue weighted by Crippen LogP contribution is 2.51. The number of carbonyl (C=O) groups excluding carboxylic acids is 1. The molecule has 2 aliphatic rings. The molecule has 0 heterocycles. The molecule has 2 rings (SSSR count). The van der Waals surface area contributed by atoms with Crippen molar-refractivity contribution in [2.24, 2.45) is 23.2 Å². The Morgan fingerprint density at radius 3 is 2.07 bits per heavy atom. The van der Waals surface area contributed by atoms with Crippen LogP contribution in [0.25, 0.3) is 0 Å². The molecule has 0 radical (unpaired) electrons. The predicted molar refractivity (Wildman–Crippen MR) is 93.8 cm³/mol. The van der Waals surface area contributed by atoms with Crippen molar-refractivity contribution in [2.75, 3.05) is 0 Å². The van der Waals surface area contributed by atoms with E-state index in [0.717, 1.165) is 25.7 Å². The van der Waals surface area contributed by atoms with Crippen molar-refractivity contribution in [3.05, 3.63) is 0 Å². The second-order valence-electron chi connectivity index (χ2n) is 9.27. The molecular weight excluding hydrogens is 402 g/mol. The Hall–Kier alpha value is -0.990. The van der Waals surface area contributed by atoms with E-state index in [1.807, 2.05) is 0 Å². The van der Waals surface area contributed by atoms with Crippen molar-refractivity contribution in [2.45, 2.75) is 96.2 Å². The molecule has 0 saturated heterocycles. The van der Waals surface area contributed by atoms with Crippen LogP contribution in [0.2, 0.25) is 0 Å². The summed E-state index contributed by atoms with van der Waals surface area (Å²) in [5.41, 5.74) is -5.54. The van der Waals surface area contributed by atoms with Gasteiger partial charge in [-0.05, 0) is 76.5 Å². The van der Waals surface area contributed by atoms with Crippen molar-refractivity contribution in [3.63, 3.8) is 0 Å². The van der Waals surface area contributed by atoms with Gasteiger partial charge in [0.2, 0.25) is 0 Å². The van der Waals surface area contributed by atoms with Crippen molar-refractivity contribution in [1.29, 1.82) is 0 Å². The lowest BCUT2D eigenvalue weighted by molar-refractivity contribution is -0.370. The molecule has 170 valence electrons. The van der Waals surface area contributed by atoms with E-state index in [9.17, 15) is 36.2 Å². The average Bonchev–Trinajstić information content (AvgIpc) is 3.21. The number of halogens is 6. The van der Waals surface area contributed by atoms with Crippen LogP contribution >= 0.6 is 0 Å². The number of esters is 1. The zero-order valence-corrected chi connectivity index (χ0v) is 17.0. The van der Waals surface area contributed by atoms with Gasteiger partial charge in [-0.3, -0.25) is 4.79 Å². The number of hydrogen-bond acceptors (Lipinski definition) is 3. The smallest absolute Gasteiger partial charge is 0.426 e. The Bertz CT molecular complexity index is 570. The minimum Gasteiger partial charge on any atom is -0.462 e. The summed E-state index contributed by atoms with van der Waals surface area (Å²) in [6.07, 6.45) is -10.3. The molecule has 0 amide bonds. The summed E-state index contributed by atoms with van der Waals surface area (Å²) in [7, 11) is 0. The van der Waals surface area contributed by atoms with Gasteiger partial charge in [-0.1, -0.05) is 13.3 Å². The summed E-state index contributed by atoms with van der Waals surface area (Å²) < 4.78 is 83.1. The molecule has 0 spiro atoms. The van der Waals surface area contributed by atoms with Gasteiger partial charge in [0, 0.05) is 0 Å². The SMILES string of the molecule is CCC(C)(C)C(=O)OC(CCCC(O)(C(F)(F)F)C(F)(F)F)C1CC2CCC1C2. The average molecular weight is 432 g/mol. The van der Waals surface area contributed by atoms with Crippen LogP contribution in [0.15, 0.2) is 0 Å². The van der Waals surface area contributed by atoms with Gasteiger partial charge in [0.1, 0.15) is 6.10 Å². The Morgan fingerprint density at radius 1 is 1.07 bits per heavy atom. The van der Waals surface area contributed by atoms with E-state index >= 15 is 0 Å². The fourth-order valence-corrected chi connectivity index (χ4v) is 4.55. The number of rotatable bonds is 8. The number of fused-ring (bicyclic) bond motifs is 2. The second-order valence-corrected chi connectivity index (χ2v) is 9.27. The number of hydrogen-bond donors (Lipinski definition) is 1. The maximum absolute atomic E-state index is 12.9. The van der Waals surface area contributed by atoms with Crippen molar-refractivity contribution in [1.82, 2.24) is 0 Å². The van der Waals surface area contributed by atoms with Crippen LogP contribution in [0.5, 0.6) is 0 Å². The molecule has 9 heteroatoms. The van der Waals surface area contributed by atoms with Crippen LogP contribution in [0.3, 0.4) is 0 Å². The monoisotopic (exact) mass is 432 g/mol. The first-order chi connectivity index (χ1) is 13.1. The van der Waals surface area contributed by atoms with Gasteiger partial charge < -0.3 is 9.84 Å². The molecule has 0 aromatic heterocycles. The summed E-state index contributed by atoms with van der Waals surface area (Å²) in [6, 6.07) is 0. The fraction of sp³-hybridized carbons (Fsp3) is 0.950. The normalized spacial score (nSPS) is 26.6. The molecule has 1 N–H and O–H groups in total. The van der Waals surface area contributed by atoms with Crippen molar-refractivity contribution < 1.29 is 41.0 Å². The van der Waals surface area contributed by atoms with Gasteiger partial charge in [-0.25, -0.2) is 0 Å². The number of carbonyl (C=O) groups is 1. The summed E-state index contributed by atoms with van der Waals surface area (Å²) in [6.45, 7) is 5.19. The Morgan fingerprint density at radius 2 is 1.66 bits per heavy atom. The van der Waals surface area contributed by atoms with Crippen LogP contribution in [0.4, 0.5) is 26.3 Å². The molecule has 29 heavy (non-hydrogen) atoms. The van der Waals surface area contributed by atoms with E-state index in [1.54, 1.807) is 20.8 Å². The van der Waals surface area contributed by atoms with E-state index in [0.29, 0.717) is 12.3 Å². The number of alkyl halides is 6. The molecule has 0 aliphatic heterocycles. The first-order valence-corrected chi connectivity index (χ1v) is 10.2. The number of aliphatic hydroxyl groups is 1. The van der Waals surface area contributed by atoms with Gasteiger partial charge in [-0.15, -0.1) is 0 Å². The highest BCUT2D eigenvalue weighted by atomic mass is 19.4. The third-order valence-corrected chi connectivity index (χ3v) is 6.93. The summed E-state index contributed by atoms with van der Waals surface area (Å²) >= 11 is 0. The van der Waals surface area contributed by atoms with E-state index in [1.165, 1.54) is 0 Å². The van der Waals surface area contributed by atoms with Crippen LogP contribution in [-0.2, 0) is 9.53 Å². The van der Waals surface area contributed by atoms with E-state index in [4.69, 9.17) is 4.74 Å². The van der Waals surface area contributed by atoms with E-state index < -0.39 is 48.3 Å². The van der Waals surface area contributed by atoms with Crippen molar-refractivity contribution in [3.8, 4) is 0 Å². The topological polar surface area (TPSA) is 46.5 Å². The van der Waals surface area contributed by atoms with Gasteiger partial charge in [0.05, 0.1) is 5.41 Å². The zero-order chi connectivity index (χ0) is 22.3. The molecule has 0 aromatic rings.